The molecule has 0 heterocycles. The van der Waals surface area contributed by atoms with Gasteiger partial charge in [0, 0.05) is 33.4 Å². The molecule has 0 aliphatic carbocycles. The molecule has 0 aliphatic heterocycles. The van der Waals surface area contributed by atoms with Gasteiger partial charge in [-0.25, -0.2) is 4.79 Å². The summed E-state index contributed by atoms with van der Waals surface area (Å²) in [7, 11) is -3.56. The third kappa shape index (κ3) is 7.74. The van der Waals surface area contributed by atoms with Gasteiger partial charge in [0.25, 0.3) is 8.32 Å². The molecule has 6 nitrogen and oxygen atoms in total. The molecule has 0 aliphatic rings. The van der Waals surface area contributed by atoms with E-state index in [1.807, 2.05) is 4.57 Å². The van der Waals surface area contributed by atoms with Gasteiger partial charge in [-0.1, -0.05) is 68.1 Å². The van der Waals surface area contributed by atoms with Crippen molar-refractivity contribution in [3.05, 3.63) is 0 Å². The second-order valence-corrected chi connectivity index (χ2v) is 23.3. The Morgan fingerprint density at radius 3 is 1.70 bits per heavy atom. The standard InChI is InChI=1S/C21H49NO5Si3/c1-13-16-26-29(24-8,25-9)17-14-15-22(28(10,11)12)21(23)27-30(18(2)3,19(4)5)20(6)7/h18-20H,13-17H2,1-12H3. The first kappa shape index (κ1) is 29.8. The maximum Gasteiger partial charge on any atom is 0.500 e. The predicted octanol–water partition coefficient (Wildman–Crippen LogP) is 6.48. The molecule has 0 saturated carbocycles. The summed E-state index contributed by atoms with van der Waals surface area (Å²) in [6, 6.07) is 0.690. The van der Waals surface area contributed by atoms with E-state index in [4.69, 9.17) is 17.7 Å². The van der Waals surface area contributed by atoms with Crippen molar-refractivity contribution in [2.45, 2.75) is 104 Å². The number of carbonyl (C=O) groups excluding carboxylic acids is 1. The predicted molar refractivity (Wildman–Crippen MR) is 133 cm³/mol. The lowest BCUT2D eigenvalue weighted by atomic mass is 10.5. The van der Waals surface area contributed by atoms with Crippen molar-refractivity contribution in [1.82, 2.24) is 4.57 Å². The fourth-order valence-corrected chi connectivity index (χ4v) is 13.1. The van der Waals surface area contributed by atoms with Crippen LogP contribution in [0, 0.1) is 0 Å². The van der Waals surface area contributed by atoms with Crippen LogP contribution in [0.3, 0.4) is 0 Å². The molecule has 0 atom stereocenters. The zero-order valence-electron chi connectivity index (χ0n) is 21.8. The molecule has 180 valence electrons. The lowest BCUT2D eigenvalue weighted by Crippen LogP contribution is -2.57. The minimum atomic E-state index is -2.68. The van der Waals surface area contributed by atoms with Gasteiger partial charge in [0.15, 0.2) is 8.24 Å². The van der Waals surface area contributed by atoms with Gasteiger partial charge >= 0.3 is 14.9 Å². The molecule has 9 heteroatoms. The lowest BCUT2D eigenvalue weighted by Gasteiger charge is -2.44. The first-order valence-corrected chi connectivity index (χ1v) is 19.0. The van der Waals surface area contributed by atoms with E-state index in [0.29, 0.717) is 35.8 Å². The summed E-state index contributed by atoms with van der Waals surface area (Å²) in [5, 5.41) is 0. The number of hydrogen-bond donors (Lipinski definition) is 0. The van der Waals surface area contributed by atoms with Crippen LogP contribution in [-0.4, -0.2) is 63.4 Å². The fraction of sp³-hybridized carbons (Fsp3) is 0.952. The maximum atomic E-state index is 13.5. The molecule has 0 N–H and O–H groups in total. The van der Waals surface area contributed by atoms with Crippen LogP contribution in [0.2, 0.25) is 42.3 Å². The van der Waals surface area contributed by atoms with E-state index in [9.17, 15) is 4.79 Å². The first-order chi connectivity index (χ1) is 13.7. The van der Waals surface area contributed by atoms with Crippen molar-refractivity contribution in [3.8, 4) is 0 Å². The third-order valence-corrected chi connectivity index (χ3v) is 16.8. The van der Waals surface area contributed by atoms with Crippen LogP contribution in [0.4, 0.5) is 4.79 Å². The van der Waals surface area contributed by atoms with Crippen molar-refractivity contribution in [2.24, 2.45) is 0 Å². The Balaban J connectivity index is 5.50. The summed E-state index contributed by atoms with van der Waals surface area (Å²) in [5.41, 5.74) is 1.11. The topological polar surface area (TPSA) is 57.2 Å². The quantitative estimate of drug-likeness (QED) is 0.267. The van der Waals surface area contributed by atoms with Crippen molar-refractivity contribution in [2.75, 3.05) is 27.4 Å². The number of amides is 1. The highest BCUT2D eigenvalue weighted by Gasteiger charge is 2.49. The van der Waals surface area contributed by atoms with Crippen LogP contribution in [0.1, 0.15) is 61.3 Å². The maximum absolute atomic E-state index is 13.5. The highest BCUT2D eigenvalue weighted by atomic mass is 28.4. The number of rotatable bonds is 14. The highest BCUT2D eigenvalue weighted by Crippen LogP contribution is 2.42. The van der Waals surface area contributed by atoms with Gasteiger partial charge in [-0.15, -0.1) is 0 Å². The molecule has 0 saturated heterocycles. The number of carbonyl (C=O) groups is 1. The first-order valence-electron chi connectivity index (χ1n) is 11.5. The summed E-state index contributed by atoms with van der Waals surface area (Å²) in [6.45, 7) is 23.2. The van der Waals surface area contributed by atoms with Crippen molar-refractivity contribution >= 4 is 31.5 Å². The lowest BCUT2D eigenvalue weighted by molar-refractivity contribution is 0.0969. The molecule has 0 bridgehead atoms. The van der Waals surface area contributed by atoms with Gasteiger partial charge in [0.2, 0.25) is 0 Å². The van der Waals surface area contributed by atoms with Gasteiger partial charge in [0.05, 0.1) is 0 Å². The molecule has 0 rings (SSSR count). The highest BCUT2D eigenvalue weighted by molar-refractivity contribution is 6.80. The summed E-state index contributed by atoms with van der Waals surface area (Å²) in [5.74, 6) is 0. The molecule has 0 unspecified atom stereocenters. The molecular weight excluding hydrogens is 430 g/mol. The van der Waals surface area contributed by atoms with Gasteiger partial charge in [-0.2, -0.15) is 0 Å². The Kier molecular flexibility index (Phi) is 12.7. The molecule has 0 aromatic carbocycles. The van der Waals surface area contributed by atoms with E-state index >= 15 is 0 Å². The van der Waals surface area contributed by atoms with Crippen molar-refractivity contribution in [1.29, 1.82) is 0 Å². The van der Waals surface area contributed by atoms with Crippen molar-refractivity contribution < 1.29 is 22.5 Å². The van der Waals surface area contributed by atoms with Crippen molar-refractivity contribution in [3.63, 3.8) is 0 Å². The normalized spacial score (nSPS) is 13.4. The SMILES string of the molecule is CCCO[Si](CCCN(C(=O)O[Si](C(C)C)(C(C)C)C(C)C)[Si](C)(C)C)(OC)OC. The molecule has 0 fully saturated rings. The van der Waals surface area contributed by atoms with Gasteiger partial charge in [0.1, 0.15) is 0 Å². The number of hydrogen-bond acceptors (Lipinski definition) is 5. The van der Waals surface area contributed by atoms with Crippen LogP contribution >= 0.6 is 0 Å². The van der Waals surface area contributed by atoms with E-state index in [2.05, 4.69) is 68.1 Å². The average Bonchev–Trinajstić information content (AvgIpc) is 2.63. The van der Waals surface area contributed by atoms with E-state index in [1.165, 1.54) is 0 Å². The zero-order chi connectivity index (χ0) is 23.8. The van der Waals surface area contributed by atoms with Crippen LogP contribution in [-0.2, 0) is 17.7 Å². The average molecular weight is 480 g/mol. The van der Waals surface area contributed by atoms with E-state index in [1.54, 1.807) is 14.2 Å². The Morgan fingerprint density at radius 2 is 1.37 bits per heavy atom. The van der Waals surface area contributed by atoms with E-state index < -0.39 is 25.4 Å². The molecule has 0 aromatic heterocycles. The summed E-state index contributed by atoms with van der Waals surface area (Å²) < 4.78 is 25.8. The Bertz CT molecular complexity index is 484. The Hall–Kier alpha value is -0.199. The van der Waals surface area contributed by atoms with Crippen LogP contribution in [0.15, 0.2) is 0 Å². The molecule has 30 heavy (non-hydrogen) atoms. The van der Waals surface area contributed by atoms with Gasteiger partial charge < -0.3 is 22.3 Å². The molecule has 0 radical (unpaired) electrons. The monoisotopic (exact) mass is 479 g/mol. The number of nitrogens with zero attached hydrogens (tertiary/aromatic N) is 1. The largest absolute Gasteiger partial charge is 0.503 e. The molecular formula is C21H49NO5Si3. The summed E-state index contributed by atoms with van der Waals surface area (Å²) >= 11 is 0. The summed E-state index contributed by atoms with van der Waals surface area (Å²) in [6.07, 6.45) is 1.56. The molecule has 0 aromatic rings. The second kappa shape index (κ2) is 12.7. The minimum Gasteiger partial charge on any atom is -0.503 e. The van der Waals surface area contributed by atoms with Gasteiger partial charge in [-0.3, -0.25) is 0 Å². The van der Waals surface area contributed by atoms with Crippen LogP contribution in [0.5, 0.6) is 0 Å². The van der Waals surface area contributed by atoms with Gasteiger partial charge in [-0.05, 0) is 29.5 Å². The zero-order valence-corrected chi connectivity index (χ0v) is 24.8. The smallest absolute Gasteiger partial charge is 0.500 e. The Morgan fingerprint density at radius 1 is 0.900 bits per heavy atom. The minimum absolute atomic E-state index is 0.131. The Labute approximate surface area is 189 Å². The van der Waals surface area contributed by atoms with E-state index in [-0.39, 0.29) is 6.09 Å². The molecule has 0 spiro atoms. The second-order valence-electron chi connectivity index (χ2n) is 10.1. The summed E-state index contributed by atoms with van der Waals surface area (Å²) in [4.78, 5) is 13.5. The third-order valence-electron chi connectivity index (χ3n) is 6.01. The molecule has 1 amide bonds. The van der Waals surface area contributed by atoms with Crippen LogP contribution in [0.25, 0.3) is 0 Å². The van der Waals surface area contributed by atoms with Crippen LogP contribution < -0.4 is 0 Å². The fourth-order valence-electron chi connectivity index (χ4n) is 4.45. The van der Waals surface area contributed by atoms with E-state index in [0.717, 1.165) is 12.8 Å².